The van der Waals surface area contributed by atoms with Crippen molar-refractivity contribution < 1.29 is 80.2 Å². The molecule has 534 valence electrons. The van der Waals surface area contributed by atoms with Gasteiger partial charge in [0.2, 0.25) is 0 Å². The molecule has 0 aromatic carbocycles. The zero-order chi connectivity index (χ0) is 66.5. The van der Waals surface area contributed by atoms with Crippen LogP contribution in [0.5, 0.6) is 0 Å². The molecule has 5 atom stereocenters. The SMILES string of the molecule is CCCCCCCCCCCCCCCC(=O)O[C@H](COC(=O)CCCCCCC)COP(=O)(O)OC[C@H](O)COP(=O)(O)OC[C@@H](COC(=O)CCCCCCCCCCCCCCC(C)C)OC(=O)CCCCCCCCCCCCCCCCC(C)C. The van der Waals surface area contributed by atoms with Crippen molar-refractivity contribution in [1.82, 2.24) is 0 Å². The maximum Gasteiger partial charge on any atom is 0.472 e. The first-order valence-corrected chi connectivity index (χ1v) is 40.0. The van der Waals surface area contributed by atoms with Gasteiger partial charge in [-0.05, 0) is 37.5 Å². The molecule has 0 spiro atoms. The fraction of sp³-hybridized carbons (Fsp3) is 0.944. The molecular formula is C71H138O17P2. The molecule has 19 heteroatoms. The summed E-state index contributed by atoms with van der Waals surface area (Å²) < 4.78 is 68.1. The van der Waals surface area contributed by atoms with Gasteiger partial charge < -0.3 is 33.8 Å². The van der Waals surface area contributed by atoms with E-state index in [9.17, 15) is 43.2 Å². The molecule has 0 amide bonds. The second kappa shape index (κ2) is 63.1. The number of ether oxygens (including phenoxy) is 4. The average Bonchev–Trinajstić information content (AvgIpc) is 2.76. The molecular weight excluding hydrogens is 1190 g/mol. The van der Waals surface area contributed by atoms with E-state index in [1.54, 1.807) is 0 Å². The number of rotatable bonds is 70. The Kier molecular flexibility index (Phi) is 61.8. The highest BCUT2D eigenvalue weighted by atomic mass is 31.2. The first kappa shape index (κ1) is 88.1. The molecule has 0 fully saturated rings. The van der Waals surface area contributed by atoms with Gasteiger partial charge in [0.25, 0.3) is 0 Å². The number of carbonyl (C=O) groups is 4. The molecule has 17 nitrogen and oxygen atoms in total. The Balaban J connectivity index is 5.16. The van der Waals surface area contributed by atoms with Crippen molar-refractivity contribution >= 4 is 39.5 Å². The fourth-order valence-electron chi connectivity index (χ4n) is 10.8. The number of esters is 4. The molecule has 0 aliphatic rings. The Morgan fingerprint density at radius 3 is 0.756 bits per heavy atom. The lowest BCUT2D eigenvalue weighted by Crippen LogP contribution is -2.30. The first-order valence-electron chi connectivity index (χ1n) is 37.0. The molecule has 90 heavy (non-hydrogen) atoms. The highest BCUT2D eigenvalue weighted by Crippen LogP contribution is 2.45. The predicted molar refractivity (Wildman–Crippen MR) is 363 cm³/mol. The van der Waals surface area contributed by atoms with Crippen LogP contribution in [0.3, 0.4) is 0 Å². The lowest BCUT2D eigenvalue weighted by molar-refractivity contribution is -0.161. The Bertz CT molecular complexity index is 1750. The highest BCUT2D eigenvalue weighted by molar-refractivity contribution is 7.47. The van der Waals surface area contributed by atoms with Crippen LogP contribution in [-0.2, 0) is 65.4 Å². The molecule has 0 aromatic heterocycles. The molecule has 0 bridgehead atoms. The molecule has 0 saturated carbocycles. The van der Waals surface area contributed by atoms with Crippen molar-refractivity contribution in [2.45, 2.75) is 381 Å². The lowest BCUT2D eigenvalue weighted by atomic mass is 10.0. The van der Waals surface area contributed by atoms with E-state index in [1.807, 2.05) is 0 Å². The number of unbranched alkanes of at least 4 members (excludes halogenated alkanes) is 40. The molecule has 2 unspecified atom stereocenters. The van der Waals surface area contributed by atoms with E-state index in [0.29, 0.717) is 25.7 Å². The van der Waals surface area contributed by atoms with E-state index in [1.165, 1.54) is 173 Å². The van der Waals surface area contributed by atoms with Crippen molar-refractivity contribution in [3.8, 4) is 0 Å². The van der Waals surface area contributed by atoms with E-state index in [2.05, 4.69) is 41.5 Å². The third-order valence-electron chi connectivity index (χ3n) is 16.5. The van der Waals surface area contributed by atoms with E-state index in [-0.39, 0.29) is 25.7 Å². The van der Waals surface area contributed by atoms with Crippen molar-refractivity contribution in [2.75, 3.05) is 39.6 Å². The molecule has 0 radical (unpaired) electrons. The van der Waals surface area contributed by atoms with Gasteiger partial charge in [-0.15, -0.1) is 0 Å². The van der Waals surface area contributed by atoms with Gasteiger partial charge in [0, 0.05) is 25.7 Å². The fourth-order valence-corrected chi connectivity index (χ4v) is 12.3. The summed E-state index contributed by atoms with van der Waals surface area (Å²) in [5.74, 6) is -0.555. The second-order valence-electron chi connectivity index (χ2n) is 26.6. The molecule has 0 saturated heterocycles. The maximum absolute atomic E-state index is 13.0. The van der Waals surface area contributed by atoms with Gasteiger partial charge in [0.05, 0.1) is 26.4 Å². The van der Waals surface area contributed by atoms with Gasteiger partial charge in [-0.3, -0.25) is 37.3 Å². The lowest BCUT2D eigenvalue weighted by Gasteiger charge is -2.21. The summed E-state index contributed by atoms with van der Waals surface area (Å²) in [6.45, 7) is 9.51. The minimum absolute atomic E-state index is 0.107. The van der Waals surface area contributed by atoms with E-state index in [4.69, 9.17) is 37.0 Å². The number of hydrogen-bond acceptors (Lipinski definition) is 15. The normalized spacial score (nSPS) is 14.1. The molecule has 0 rings (SSSR count). The standard InChI is InChI=1S/C71H138O17P2/c1-7-9-11-13-14-15-16-19-27-32-37-43-49-55-70(75)87-66(59-81-68(73)53-47-39-12-10-8-2)61-85-89(77,78)83-57-65(72)58-84-90(79,80)86-62-67(60-82-69(74)54-48-42-36-31-26-23-22-25-30-35-41-46-52-64(5)6)88-71(76)56-50-44-38-33-28-21-18-17-20-24-29-34-40-45-51-63(3)4/h63-67,72H,7-62H2,1-6H3,(H,77,78)(H,79,80)/t65-,66+,67+/m0/s1. The summed E-state index contributed by atoms with van der Waals surface area (Å²) in [7, 11) is -9.89. The molecule has 0 aromatic rings. The van der Waals surface area contributed by atoms with Gasteiger partial charge in [0.1, 0.15) is 19.3 Å². The quantitative estimate of drug-likeness (QED) is 0.0222. The van der Waals surface area contributed by atoms with E-state index in [0.717, 1.165) is 108 Å². The summed E-state index contributed by atoms with van der Waals surface area (Å²) >= 11 is 0. The zero-order valence-corrected chi connectivity index (χ0v) is 60.2. The van der Waals surface area contributed by atoms with Crippen LogP contribution in [0, 0.1) is 11.8 Å². The number of phosphoric acid groups is 2. The van der Waals surface area contributed by atoms with Gasteiger partial charge >= 0.3 is 39.5 Å². The summed E-state index contributed by atoms with van der Waals surface area (Å²) in [4.78, 5) is 72.3. The van der Waals surface area contributed by atoms with Crippen LogP contribution >= 0.6 is 15.6 Å². The van der Waals surface area contributed by atoms with Crippen LogP contribution in [0.4, 0.5) is 0 Å². The Labute approximate surface area is 549 Å². The topological polar surface area (TPSA) is 237 Å². The zero-order valence-electron chi connectivity index (χ0n) is 58.4. The average molecular weight is 1330 g/mol. The number of hydrogen-bond donors (Lipinski definition) is 3. The summed E-state index contributed by atoms with van der Waals surface area (Å²) in [6.07, 6.45) is 48.9. The Hall–Kier alpha value is -1.94. The van der Waals surface area contributed by atoms with Crippen LogP contribution in [0.25, 0.3) is 0 Å². The van der Waals surface area contributed by atoms with Crippen LogP contribution in [0.1, 0.15) is 363 Å². The molecule has 3 N–H and O–H groups in total. The minimum atomic E-state index is -4.95. The van der Waals surface area contributed by atoms with Crippen molar-refractivity contribution in [2.24, 2.45) is 11.8 Å². The largest absolute Gasteiger partial charge is 0.472 e. The van der Waals surface area contributed by atoms with Gasteiger partial charge in [-0.1, -0.05) is 311 Å². The van der Waals surface area contributed by atoms with Crippen molar-refractivity contribution in [3.63, 3.8) is 0 Å². The third kappa shape index (κ3) is 64.8. The van der Waals surface area contributed by atoms with Crippen LogP contribution in [0.2, 0.25) is 0 Å². The minimum Gasteiger partial charge on any atom is -0.462 e. The number of aliphatic hydroxyl groups excluding tert-OH is 1. The van der Waals surface area contributed by atoms with Crippen LogP contribution in [-0.4, -0.2) is 96.7 Å². The van der Waals surface area contributed by atoms with E-state index < -0.39 is 97.5 Å². The van der Waals surface area contributed by atoms with Crippen LogP contribution < -0.4 is 0 Å². The van der Waals surface area contributed by atoms with E-state index >= 15 is 0 Å². The number of phosphoric ester groups is 2. The number of aliphatic hydroxyl groups is 1. The van der Waals surface area contributed by atoms with Crippen molar-refractivity contribution in [1.29, 1.82) is 0 Å². The third-order valence-corrected chi connectivity index (χ3v) is 18.4. The monoisotopic (exact) mass is 1320 g/mol. The first-order chi connectivity index (χ1) is 43.4. The predicted octanol–water partition coefficient (Wildman–Crippen LogP) is 20.4. The summed E-state index contributed by atoms with van der Waals surface area (Å²) in [6, 6.07) is 0. The summed E-state index contributed by atoms with van der Waals surface area (Å²) in [5, 5.41) is 10.6. The summed E-state index contributed by atoms with van der Waals surface area (Å²) in [5.41, 5.74) is 0. The van der Waals surface area contributed by atoms with Crippen LogP contribution in [0.15, 0.2) is 0 Å². The molecule has 0 heterocycles. The number of carbonyl (C=O) groups excluding carboxylic acids is 4. The van der Waals surface area contributed by atoms with Gasteiger partial charge in [-0.25, -0.2) is 9.13 Å². The molecule has 0 aliphatic carbocycles. The smallest absolute Gasteiger partial charge is 0.462 e. The molecule has 0 aliphatic heterocycles. The van der Waals surface area contributed by atoms with Gasteiger partial charge in [-0.2, -0.15) is 0 Å². The Morgan fingerprint density at radius 1 is 0.300 bits per heavy atom. The Morgan fingerprint density at radius 2 is 0.511 bits per heavy atom. The van der Waals surface area contributed by atoms with Gasteiger partial charge in [0.15, 0.2) is 12.2 Å². The highest BCUT2D eigenvalue weighted by Gasteiger charge is 2.30. The maximum atomic E-state index is 13.0. The van der Waals surface area contributed by atoms with Crippen molar-refractivity contribution in [3.05, 3.63) is 0 Å². The second-order valence-corrected chi connectivity index (χ2v) is 29.5.